The van der Waals surface area contributed by atoms with Gasteiger partial charge in [-0.2, -0.15) is 0 Å². The lowest BCUT2D eigenvalue weighted by Crippen LogP contribution is -2.37. The quantitative estimate of drug-likeness (QED) is 0.908. The molecule has 0 unspecified atom stereocenters. The maximum absolute atomic E-state index is 12.5. The standard InChI is InChI=1S/C18H20N2O4S/c21-17(14-9-12(10-24-14)18(22)23)20-7-5-11(6-8-20)16-19-13-3-1-2-4-15(13)25-16/h9-11H,1-8H2,(H,22,23). The molecule has 0 spiro atoms. The Balaban J connectivity index is 1.39. The van der Waals surface area contributed by atoms with E-state index in [0.29, 0.717) is 19.0 Å². The van der Waals surface area contributed by atoms with Gasteiger partial charge in [0.1, 0.15) is 6.26 Å². The van der Waals surface area contributed by atoms with E-state index in [2.05, 4.69) is 0 Å². The molecule has 4 rings (SSSR count). The van der Waals surface area contributed by atoms with Crippen LogP contribution < -0.4 is 0 Å². The fraction of sp³-hybridized carbons (Fsp3) is 0.500. The van der Waals surface area contributed by atoms with Crippen molar-refractivity contribution in [3.8, 4) is 0 Å². The highest BCUT2D eigenvalue weighted by Crippen LogP contribution is 2.35. The maximum Gasteiger partial charge on any atom is 0.338 e. The first-order chi connectivity index (χ1) is 12.1. The second kappa shape index (κ2) is 6.63. The highest BCUT2D eigenvalue weighted by molar-refractivity contribution is 7.11. The van der Waals surface area contributed by atoms with Gasteiger partial charge >= 0.3 is 5.97 Å². The van der Waals surface area contributed by atoms with Crippen LogP contribution in [-0.4, -0.2) is 40.0 Å². The SMILES string of the molecule is O=C(O)c1coc(C(=O)N2CCC(c3nc4c(s3)CCCC4)CC2)c1. The van der Waals surface area contributed by atoms with E-state index >= 15 is 0 Å². The monoisotopic (exact) mass is 360 g/mol. The van der Waals surface area contributed by atoms with E-state index in [1.54, 1.807) is 4.90 Å². The van der Waals surface area contributed by atoms with E-state index in [4.69, 9.17) is 14.5 Å². The second-order valence-electron chi connectivity index (χ2n) is 6.70. The zero-order chi connectivity index (χ0) is 17.4. The summed E-state index contributed by atoms with van der Waals surface area (Å²) in [5.74, 6) is -0.801. The normalized spacial score (nSPS) is 18.2. The molecule has 2 aromatic heterocycles. The van der Waals surface area contributed by atoms with Crippen molar-refractivity contribution >= 4 is 23.2 Å². The molecule has 2 aliphatic rings. The number of piperidine rings is 1. The summed E-state index contributed by atoms with van der Waals surface area (Å²) in [7, 11) is 0. The van der Waals surface area contributed by atoms with Gasteiger partial charge in [-0.3, -0.25) is 4.79 Å². The maximum atomic E-state index is 12.5. The minimum absolute atomic E-state index is 0.00611. The molecule has 0 saturated carbocycles. The third kappa shape index (κ3) is 3.20. The highest BCUT2D eigenvalue weighted by Gasteiger charge is 2.29. The Labute approximate surface area is 149 Å². The van der Waals surface area contributed by atoms with Gasteiger partial charge in [0.2, 0.25) is 0 Å². The second-order valence-corrected chi connectivity index (χ2v) is 7.82. The number of carboxylic acids is 1. The Bertz CT molecular complexity index is 778. The molecule has 0 radical (unpaired) electrons. The molecule has 2 aromatic rings. The number of aromatic nitrogens is 1. The summed E-state index contributed by atoms with van der Waals surface area (Å²) in [5.41, 5.74) is 1.30. The van der Waals surface area contributed by atoms with Crippen LogP contribution in [0.4, 0.5) is 0 Å². The van der Waals surface area contributed by atoms with E-state index in [0.717, 1.165) is 31.9 Å². The lowest BCUT2D eigenvalue weighted by molar-refractivity contribution is 0.0677. The first kappa shape index (κ1) is 16.3. The molecule has 1 fully saturated rings. The Morgan fingerprint density at radius 2 is 2.00 bits per heavy atom. The number of furan rings is 1. The van der Waals surface area contributed by atoms with Gasteiger partial charge in [0.25, 0.3) is 5.91 Å². The molecule has 0 bridgehead atoms. The van der Waals surface area contributed by atoms with Crippen molar-refractivity contribution in [2.24, 2.45) is 0 Å². The van der Waals surface area contributed by atoms with E-state index < -0.39 is 5.97 Å². The molecule has 132 valence electrons. The molecule has 6 nitrogen and oxygen atoms in total. The molecule has 1 amide bonds. The Kier molecular flexibility index (Phi) is 4.33. The van der Waals surface area contributed by atoms with Crippen molar-refractivity contribution in [3.63, 3.8) is 0 Å². The smallest absolute Gasteiger partial charge is 0.338 e. The van der Waals surface area contributed by atoms with Crippen LogP contribution in [0.5, 0.6) is 0 Å². The van der Waals surface area contributed by atoms with Gasteiger partial charge in [0.15, 0.2) is 5.76 Å². The van der Waals surface area contributed by atoms with Crippen molar-refractivity contribution in [3.05, 3.63) is 39.2 Å². The highest BCUT2D eigenvalue weighted by atomic mass is 32.1. The number of nitrogens with zero attached hydrogens (tertiary/aromatic N) is 2. The number of likely N-dealkylation sites (tertiary alicyclic amines) is 1. The van der Waals surface area contributed by atoms with E-state index in [9.17, 15) is 9.59 Å². The zero-order valence-electron chi connectivity index (χ0n) is 13.9. The number of thiazole rings is 1. The molecule has 7 heteroatoms. The third-order valence-corrected chi connectivity index (χ3v) is 6.37. The fourth-order valence-corrected chi connectivity index (χ4v) is 4.92. The van der Waals surface area contributed by atoms with Crippen LogP contribution in [0.15, 0.2) is 16.7 Å². The van der Waals surface area contributed by atoms with Gasteiger partial charge in [0, 0.05) is 30.0 Å². The third-order valence-electron chi connectivity index (χ3n) is 5.05. The number of amides is 1. The van der Waals surface area contributed by atoms with Crippen molar-refractivity contribution < 1.29 is 19.1 Å². The van der Waals surface area contributed by atoms with Gasteiger partial charge in [-0.05, 0) is 38.5 Å². The lowest BCUT2D eigenvalue weighted by atomic mass is 9.97. The van der Waals surface area contributed by atoms with Crippen molar-refractivity contribution in [1.29, 1.82) is 0 Å². The van der Waals surface area contributed by atoms with Crippen LogP contribution in [0.2, 0.25) is 0 Å². The Morgan fingerprint density at radius 3 is 2.68 bits per heavy atom. The molecule has 25 heavy (non-hydrogen) atoms. The molecule has 1 N–H and O–H groups in total. The summed E-state index contributed by atoms with van der Waals surface area (Å²) in [6.45, 7) is 1.30. The minimum atomic E-state index is -1.09. The molecular formula is C18H20N2O4S. The van der Waals surface area contributed by atoms with E-state index in [1.807, 2.05) is 11.3 Å². The van der Waals surface area contributed by atoms with Crippen molar-refractivity contribution in [2.75, 3.05) is 13.1 Å². The number of carbonyl (C=O) groups excluding carboxylic acids is 1. The number of carboxylic acid groups (broad SMARTS) is 1. The van der Waals surface area contributed by atoms with Gasteiger partial charge < -0.3 is 14.4 Å². The van der Waals surface area contributed by atoms with Crippen molar-refractivity contribution in [2.45, 2.75) is 44.4 Å². The Hall–Kier alpha value is -2.15. The summed E-state index contributed by atoms with van der Waals surface area (Å²) >= 11 is 1.86. The van der Waals surface area contributed by atoms with Crippen molar-refractivity contribution in [1.82, 2.24) is 9.88 Å². The van der Waals surface area contributed by atoms with Gasteiger partial charge in [-0.1, -0.05) is 0 Å². The molecule has 1 aliphatic heterocycles. The molecule has 0 atom stereocenters. The number of fused-ring (bicyclic) bond motifs is 1. The van der Waals surface area contributed by atoms with E-state index in [-0.39, 0.29) is 17.2 Å². The number of hydrogen-bond donors (Lipinski definition) is 1. The average Bonchev–Trinajstić information content (AvgIpc) is 3.28. The van der Waals surface area contributed by atoms with Crippen LogP contribution in [0.25, 0.3) is 0 Å². The van der Waals surface area contributed by atoms with Crippen LogP contribution in [0, 0.1) is 0 Å². The largest absolute Gasteiger partial charge is 0.478 e. The number of aryl methyl sites for hydroxylation is 2. The predicted octanol–water partition coefficient (Wildman–Crippen LogP) is 3.33. The summed E-state index contributed by atoms with van der Waals surface area (Å²) in [5, 5.41) is 10.2. The first-order valence-electron chi connectivity index (χ1n) is 8.71. The first-order valence-corrected chi connectivity index (χ1v) is 9.53. The number of hydrogen-bond acceptors (Lipinski definition) is 5. The van der Waals surface area contributed by atoms with Gasteiger partial charge in [-0.25, -0.2) is 9.78 Å². The topological polar surface area (TPSA) is 83.6 Å². The molecule has 1 saturated heterocycles. The average molecular weight is 360 g/mol. The van der Waals surface area contributed by atoms with Crippen LogP contribution >= 0.6 is 11.3 Å². The summed E-state index contributed by atoms with van der Waals surface area (Å²) in [6.07, 6.45) is 7.67. The number of carbonyl (C=O) groups is 2. The Morgan fingerprint density at radius 1 is 1.24 bits per heavy atom. The number of rotatable bonds is 3. The number of aromatic carboxylic acids is 1. The molecular weight excluding hydrogens is 340 g/mol. The van der Waals surface area contributed by atoms with Crippen LogP contribution in [-0.2, 0) is 12.8 Å². The summed E-state index contributed by atoms with van der Waals surface area (Å²) in [6, 6.07) is 1.30. The van der Waals surface area contributed by atoms with Crippen LogP contribution in [0.3, 0.4) is 0 Å². The van der Waals surface area contributed by atoms with Gasteiger partial charge in [-0.15, -0.1) is 11.3 Å². The molecule has 1 aliphatic carbocycles. The molecule has 3 heterocycles. The molecule has 0 aromatic carbocycles. The summed E-state index contributed by atoms with van der Waals surface area (Å²) < 4.78 is 5.13. The summed E-state index contributed by atoms with van der Waals surface area (Å²) in [4.78, 5) is 31.4. The predicted molar refractivity (Wildman–Crippen MR) is 92.3 cm³/mol. The minimum Gasteiger partial charge on any atom is -0.478 e. The van der Waals surface area contributed by atoms with E-state index in [1.165, 1.54) is 34.5 Å². The lowest BCUT2D eigenvalue weighted by Gasteiger charge is -2.30. The zero-order valence-corrected chi connectivity index (χ0v) is 14.7. The van der Waals surface area contributed by atoms with Gasteiger partial charge in [0.05, 0.1) is 16.3 Å². The van der Waals surface area contributed by atoms with Crippen LogP contribution in [0.1, 0.15) is 68.1 Å². The fourth-order valence-electron chi connectivity index (χ4n) is 3.59.